The molecule has 24 heavy (non-hydrogen) atoms. The van der Waals surface area contributed by atoms with Crippen molar-refractivity contribution in [2.75, 3.05) is 6.61 Å². The molecule has 12 heteroatoms. The van der Waals surface area contributed by atoms with Crippen LogP contribution in [0.25, 0.3) is 0 Å². The Morgan fingerprint density at radius 1 is 1.33 bits per heavy atom. The van der Waals surface area contributed by atoms with Crippen LogP contribution in [0.15, 0.2) is 0 Å². The molecule has 0 aromatic rings. The van der Waals surface area contributed by atoms with Crippen molar-refractivity contribution >= 4 is 17.9 Å². The Labute approximate surface area is 135 Å². The molecule has 1 aliphatic heterocycles. The maximum Gasteiger partial charge on any atom is 0.411 e. The first-order chi connectivity index (χ1) is 11.0. The summed E-state index contributed by atoms with van der Waals surface area (Å²) in [7, 11) is 0. The second-order valence-electron chi connectivity index (χ2n) is 5.36. The van der Waals surface area contributed by atoms with Crippen molar-refractivity contribution in [2.24, 2.45) is 0 Å². The number of carbonyl (C=O) groups excluding carboxylic acids is 2. The Kier molecular flexibility index (Phi) is 6.59. The Hall–Kier alpha value is -1.83. The second kappa shape index (κ2) is 7.83. The van der Waals surface area contributed by atoms with Gasteiger partial charge in [-0.15, -0.1) is 0 Å². The zero-order valence-corrected chi connectivity index (χ0v) is 12.6. The number of rotatable bonds is 5. The molecule has 3 amide bonds. The van der Waals surface area contributed by atoms with Crippen LogP contribution in [0.4, 0.5) is 4.79 Å². The molecule has 12 nitrogen and oxygen atoms in total. The van der Waals surface area contributed by atoms with Crippen molar-refractivity contribution < 1.29 is 49.8 Å². The molecular formula is C12H20N2O10. The Morgan fingerprint density at radius 2 is 1.92 bits per heavy atom. The summed E-state index contributed by atoms with van der Waals surface area (Å²) in [4.78, 5) is 33.5. The molecular weight excluding hydrogens is 332 g/mol. The first-order valence-electron chi connectivity index (χ1n) is 6.88. The highest BCUT2D eigenvalue weighted by molar-refractivity contribution is 5.95. The number of carbonyl (C=O) groups is 3. The smallest absolute Gasteiger partial charge is 0.411 e. The van der Waals surface area contributed by atoms with Gasteiger partial charge in [0.05, 0.1) is 18.8 Å². The average molecular weight is 352 g/mol. The maximum absolute atomic E-state index is 11.8. The van der Waals surface area contributed by atoms with Gasteiger partial charge >= 0.3 is 6.09 Å². The predicted octanol–water partition coefficient (Wildman–Crippen LogP) is -4.16. The molecule has 1 aliphatic rings. The van der Waals surface area contributed by atoms with Crippen LogP contribution in [0.5, 0.6) is 0 Å². The van der Waals surface area contributed by atoms with Crippen molar-refractivity contribution in [1.29, 1.82) is 0 Å². The predicted molar refractivity (Wildman–Crippen MR) is 73.3 cm³/mol. The van der Waals surface area contributed by atoms with Gasteiger partial charge in [-0.25, -0.2) is 4.79 Å². The van der Waals surface area contributed by atoms with Crippen LogP contribution >= 0.6 is 0 Å². The van der Waals surface area contributed by atoms with Gasteiger partial charge in [0.1, 0.15) is 18.3 Å². The highest BCUT2D eigenvalue weighted by atomic mass is 16.6. The van der Waals surface area contributed by atoms with E-state index < -0.39 is 67.2 Å². The van der Waals surface area contributed by atoms with E-state index in [0.29, 0.717) is 0 Å². The van der Waals surface area contributed by atoms with Crippen molar-refractivity contribution in [3.8, 4) is 0 Å². The molecule has 0 aromatic carbocycles. The topological polar surface area (TPSA) is 206 Å². The molecule has 0 unspecified atom stereocenters. The van der Waals surface area contributed by atoms with Gasteiger partial charge in [0.2, 0.25) is 5.91 Å². The van der Waals surface area contributed by atoms with Crippen LogP contribution in [0.1, 0.15) is 13.3 Å². The number of hydrogen-bond donors (Lipinski definition) is 8. The van der Waals surface area contributed by atoms with Crippen LogP contribution in [0.3, 0.4) is 0 Å². The normalized spacial score (nSPS) is 32.5. The third-order valence-corrected chi connectivity index (χ3v) is 3.45. The van der Waals surface area contributed by atoms with E-state index in [2.05, 4.69) is 5.32 Å². The van der Waals surface area contributed by atoms with E-state index in [1.54, 1.807) is 0 Å². The number of ether oxygens (including phenoxy) is 1. The lowest BCUT2D eigenvalue weighted by atomic mass is 9.88. The maximum atomic E-state index is 11.8. The number of carboxylic acid groups (broad SMARTS) is 1. The van der Waals surface area contributed by atoms with E-state index in [1.807, 2.05) is 0 Å². The lowest BCUT2D eigenvalue weighted by Crippen LogP contribution is -2.68. The molecule has 1 rings (SSSR count). The Balaban J connectivity index is 3.11. The minimum atomic E-state index is -2.84. The van der Waals surface area contributed by atoms with Crippen LogP contribution < -0.4 is 10.6 Å². The molecule has 0 radical (unpaired) electrons. The first kappa shape index (κ1) is 20.2. The summed E-state index contributed by atoms with van der Waals surface area (Å²) in [5, 5.41) is 60.7. The molecule has 0 bridgehead atoms. The standard InChI is InChI=1S/C12H20N2O10/c1-4(16)13-7-5(17)2-12(23,10(20)14-11(21)22)24-9(7)8(19)6(18)3-15/h5-9,15,17-19,23H,2-3H2,1H3,(H,13,16)(H,14,20)(H,21,22)/t5-,6+,7+,8+,9+,12-/m0/s1. The average Bonchev–Trinajstić information content (AvgIpc) is 2.47. The number of aliphatic hydroxyl groups excluding tert-OH is 4. The molecule has 0 aromatic heterocycles. The van der Waals surface area contributed by atoms with Gasteiger partial charge in [-0.05, 0) is 0 Å². The summed E-state index contributed by atoms with van der Waals surface area (Å²) in [5.74, 6) is -5.00. The highest BCUT2D eigenvalue weighted by Crippen LogP contribution is 2.30. The fourth-order valence-corrected chi connectivity index (χ4v) is 2.34. The fraction of sp³-hybridized carbons (Fsp3) is 0.750. The van der Waals surface area contributed by atoms with E-state index in [1.165, 1.54) is 5.32 Å². The number of hydrogen-bond acceptors (Lipinski definition) is 9. The number of amides is 3. The van der Waals surface area contributed by atoms with Gasteiger partial charge in [-0.3, -0.25) is 14.9 Å². The van der Waals surface area contributed by atoms with Gasteiger partial charge in [0, 0.05) is 13.3 Å². The van der Waals surface area contributed by atoms with Gasteiger partial charge in [-0.2, -0.15) is 0 Å². The van der Waals surface area contributed by atoms with Crippen molar-refractivity contribution in [3.05, 3.63) is 0 Å². The van der Waals surface area contributed by atoms with Gasteiger partial charge < -0.3 is 40.7 Å². The summed E-state index contributed by atoms with van der Waals surface area (Å²) in [5.41, 5.74) is 0. The van der Waals surface area contributed by atoms with Crippen LogP contribution in [0, 0.1) is 0 Å². The number of aliphatic hydroxyl groups is 5. The molecule has 6 atom stereocenters. The van der Waals surface area contributed by atoms with Crippen molar-refractivity contribution in [1.82, 2.24) is 10.6 Å². The fourth-order valence-electron chi connectivity index (χ4n) is 2.34. The van der Waals surface area contributed by atoms with E-state index in [-0.39, 0.29) is 0 Å². The molecule has 0 aliphatic carbocycles. The monoisotopic (exact) mass is 352 g/mol. The lowest BCUT2D eigenvalue weighted by molar-refractivity contribution is -0.286. The molecule has 8 N–H and O–H groups in total. The second-order valence-corrected chi connectivity index (χ2v) is 5.36. The largest absolute Gasteiger partial charge is 0.465 e. The van der Waals surface area contributed by atoms with E-state index in [4.69, 9.17) is 14.9 Å². The zero-order chi connectivity index (χ0) is 18.7. The number of nitrogens with one attached hydrogen (secondary N) is 2. The Bertz CT molecular complexity index is 500. The van der Waals surface area contributed by atoms with Crippen molar-refractivity contribution in [3.63, 3.8) is 0 Å². The molecule has 0 spiro atoms. The summed E-state index contributed by atoms with van der Waals surface area (Å²) in [6.45, 7) is 0.181. The zero-order valence-electron chi connectivity index (χ0n) is 12.6. The Morgan fingerprint density at radius 3 is 2.38 bits per heavy atom. The lowest BCUT2D eigenvalue weighted by Gasteiger charge is -2.45. The van der Waals surface area contributed by atoms with Crippen molar-refractivity contribution in [2.45, 2.75) is 49.6 Å². The minimum absolute atomic E-state index is 0.640. The quantitative estimate of drug-likeness (QED) is 0.239. The molecule has 1 fully saturated rings. The first-order valence-corrected chi connectivity index (χ1v) is 6.88. The van der Waals surface area contributed by atoms with E-state index in [0.717, 1.165) is 6.92 Å². The molecule has 0 saturated carbocycles. The highest BCUT2D eigenvalue weighted by Gasteiger charge is 2.53. The summed E-state index contributed by atoms with van der Waals surface area (Å²) in [6, 6.07) is -1.34. The van der Waals surface area contributed by atoms with Gasteiger partial charge in [0.15, 0.2) is 0 Å². The van der Waals surface area contributed by atoms with E-state index in [9.17, 15) is 34.8 Å². The third-order valence-electron chi connectivity index (χ3n) is 3.45. The number of imide groups is 1. The third kappa shape index (κ3) is 4.59. The van der Waals surface area contributed by atoms with Crippen LogP contribution in [-0.2, 0) is 14.3 Å². The van der Waals surface area contributed by atoms with Gasteiger partial charge in [-0.1, -0.05) is 0 Å². The summed E-state index contributed by atoms with van der Waals surface area (Å²) >= 11 is 0. The van der Waals surface area contributed by atoms with Gasteiger partial charge in [0.25, 0.3) is 11.7 Å². The minimum Gasteiger partial charge on any atom is -0.465 e. The summed E-state index contributed by atoms with van der Waals surface area (Å²) in [6.07, 6.45) is -9.63. The summed E-state index contributed by atoms with van der Waals surface area (Å²) < 4.78 is 4.99. The molecule has 138 valence electrons. The van der Waals surface area contributed by atoms with E-state index >= 15 is 0 Å². The molecule has 1 heterocycles. The van der Waals surface area contributed by atoms with Crippen LogP contribution in [-0.4, -0.2) is 91.4 Å². The SMILES string of the molecule is CC(=O)N[C@H]1[C@H]([C@H](O)[C@H](O)CO)O[C@](O)(C(=O)NC(=O)O)C[C@@H]1O. The molecule has 1 saturated heterocycles. The van der Waals surface area contributed by atoms with Crippen LogP contribution in [0.2, 0.25) is 0 Å².